The standard InChI is InChI=1S/C25H43N3O6/c1-25(2,3)34-24(31)27-13-10-19(11-14-27)9-12-26-15-16-28(22(29)17-26)20-5-7-21(8-6-20)33-18-23(30)32-4/h19-21H,5-18H2,1-4H3/t20-,21-. The lowest BCUT2D eigenvalue weighted by molar-refractivity contribution is -0.149. The van der Waals surface area contributed by atoms with E-state index in [1.54, 1.807) is 0 Å². The maximum atomic E-state index is 12.9. The van der Waals surface area contributed by atoms with Gasteiger partial charge < -0.3 is 24.0 Å². The zero-order valence-corrected chi connectivity index (χ0v) is 21.4. The summed E-state index contributed by atoms with van der Waals surface area (Å²) in [6, 6.07) is 0.282. The molecule has 2 aliphatic heterocycles. The monoisotopic (exact) mass is 481 g/mol. The van der Waals surface area contributed by atoms with Gasteiger partial charge in [-0.15, -0.1) is 0 Å². The Labute approximate surface area is 204 Å². The van der Waals surface area contributed by atoms with Crippen molar-refractivity contribution in [2.45, 2.75) is 83.5 Å². The second kappa shape index (κ2) is 12.2. The molecule has 9 nitrogen and oxygen atoms in total. The Hall–Kier alpha value is -1.87. The molecule has 3 fully saturated rings. The third-order valence-electron chi connectivity index (χ3n) is 7.21. The lowest BCUT2D eigenvalue weighted by Gasteiger charge is -2.42. The van der Waals surface area contributed by atoms with E-state index in [2.05, 4.69) is 14.5 Å². The third kappa shape index (κ3) is 8.12. The van der Waals surface area contributed by atoms with Crippen LogP contribution in [0.25, 0.3) is 0 Å². The first-order chi connectivity index (χ1) is 16.1. The van der Waals surface area contributed by atoms with E-state index in [4.69, 9.17) is 9.47 Å². The van der Waals surface area contributed by atoms with Gasteiger partial charge >= 0.3 is 12.1 Å². The summed E-state index contributed by atoms with van der Waals surface area (Å²) in [6.45, 7) is 10.3. The fraction of sp³-hybridized carbons (Fsp3) is 0.880. The number of piperazine rings is 1. The van der Waals surface area contributed by atoms with Gasteiger partial charge in [-0.1, -0.05) is 0 Å². The zero-order valence-electron chi connectivity index (χ0n) is 21.4. The average molecular weight is 482 g/mol. The summed E-state index contributed by atoms with van der Waals surface area (Å²) < 4.78 is 15.7. The van der Waals surface area contributed by atoms with Gasteiger partial charge in [-0.3, -0.25) is 9.69 Å². The van der Waals surface area contributed by atoms with Crippen molar-refractivity contribution in [1.29, 1.82) is 0 Å². The second-order valence-electron chi connectivity index (χ2n) is 10.9. The van der Waals surface area contributed by atoms with Gasteiger partial charge in [-0.25, -0.2) is 9.59 Å². The van der Waals surface area contributed by atoms with E-state index in [9.17, 15) is 14.4 Å². The summed E-state index contributed by atoms with van der Waals surface area (Å²) in [5, 5.41) is 0. The highest BCUT2D eigenvalue weighted by molar-refractivity contribution is 5.79. The quantitative estimate of drug-likeness (QED) is 0.517. The van der Waals surface area contributed by atoms with E-state index >= 15 is 0 Å². The molecule has 0 aromatic rings. The molecule has 3 rings (SSSR count). The Bertz CT molecular complexity index is 693. The average Bonchev–Trinajstić information content (AvgIpc) is 2.81. The van der Waals surface area contributed by atoms with Crippen molar-refractivity contribution < 1.29 is 28.6 Å². The van der Waals surface area contributed by atoms with E-state index < -0.39 is 5.60 Å². The van der Waals surface area contributed by atoms with Gasteiger partial charge in [-0.05, 0) is 78.2 Å². The van der Waals surface area contributed by atoms with Crippen LogP contribution >= 0.6 is 0 Å². The third-order valence-corrected chi connectivity index (χ3v) is 7.21. The number of esters is 1. The number of nitrogens with zero attached hydrogens (tertiary/aromatic N) is 3. The predicted molar refractivity (Wildman–Crippen MR) is 127 cm³/mol. The summed E-state index contributed by atoms with van der Waals surface area (Å²) in [4.78, 5) is 42.5. The molecule has 0 aromatic carbocycles. The largest absolute Gasteiger partial charge is 0.467 e. The molecular weight excluding hydrogens is 438 g/mol. The molecule has 0 bridgehead atoms. The molecule has 1 saturated carbocycles. The molecule has 0 unspecified atom stereocenters. The normalized spacial score (nSPS) is 25.4. The van der Waals surface area contributed by atoms with E-state index in [1.807, 2.05) is 25.7 Å². The van der Waals surface area contributed by atoms with Gasteiger partial charge in [0.15, 0.2) is 0 Å². The highest BCUT2D eigenvalue weighted by Gasteiger charge is 2.33. The number of hydrogen-bond acceptors (Lipinski definition) is 7. The first-order valence-corrected chi connectivity index (χ1v) is 12.8. The summed E-state index contributed by atoms with van der Waals surface area (Å²) in [6.07, 6.45) is 6.52. The Morgan fingerprint density at radius 2 is 1.65 bits per heavy atom. The van der Waals surface area contributed by atoms with E-state index in [0.717, 1.165) is 77.7 Å². The Balaban J connectivity index is 1.32. The Morgan fingerprint density at radius 1 is 0.971 bits per heavy atom. The topological polar surface area (TPSA) is 88.6 Å². The van der Waals surface area contributed by atoms with Crippen LogP contribution < -0.4 is 0 Å². The molecule has 0 radical (unpaired) electrons. The van der Waals surface area contributed by atoms with Crippen LogP contribution in [0.2, 0.25) is 0 Å². The number of piperidine rings is 1. The van der Waals surface area contributed by atoms with Crippen LogP contribution in [0.3, 0.4) is 0 Å². The molecule has 2 amide bonds. The Morgan fingerprint density at radius 3 is 2.24 bits per heavy atom. The lowest BCUT2D eigenvalue weighted by atomic mass is 9.91. The minimum absolute atomic E-state index is 0.00344. The van der Waals surface area contributed by atoms with E-state index in [0.29, 0.717) is 12.5 Å². The molecule has 0 N–H and O–H groups in total. The van der Waals surface area contributed by atoms with Crippen LogP contribution in [0.1, 0.15) is 65.7 Å². The highest BCUT2D eigenvalue weighted by Crippen LogP contribution is 2.27. The predicted octanol–water partition coefficient (Wildman–Crippen LogP) is 2.67. The summed E-state index contributed by atoms with van der Waals surface area (Å²) >= 11 is 0. The van der Waals surface area contributed by atoms with Gasteiger partial charge in [0.05, 0.1) is 19.8 Å². The molecule has 9 heteroatoms. The number of hydrogen-bond donors (Lipinski definition) is 0. The van der Waals surface area contributed by atoms with E-state index in [-0.39, 0.29) is 36.7 Å². The van der Waals surface area contributed by atoms with Crippen LogP contribution in [0.4, 0.5) is 4.79 Å². The van der Waals surface area contributed by atoms with E-state index in [1.165, 1.54) is 7.11 Å². The zero-order chi connectivity index (χ0) is 24.7. The minimum atomic E-state index is -0.458. The highest BCUT2D eigenvalue weighted by atomic mass is 16.6. The summed E-state index contributed by atoms with van der Waals surface area (Å²) in [5.74, 6) is 0.471. The summed E-state index contributed by atoms with van der Waals surface area (Å²) in [5.41, 5.74) is -0.458. The van der Waals surface area contributed by atoms with Gasteiger partial charge in [-0.2, -0.15) is 0 Å². The van der Waals surface area contributed by atoms with Gasteiger partial charge in [0, 0.05) is 32.2 Å². The van der Waals surface area contributed by atoms with Crippen molar-refractivity contribution in [3.05, 3.63) is 0 Å². The molecule has 0 aromatic heterocycles. The molecule has 0 atom stereocenters. The van der Waals surface area contributed by atoms with Crippen LogP contribution in [0, 0.1) is 5.92 Å². The molecular formula is C25H43N3O6. The number of methoxy groups -OCH3 is 1. The number of amides is 2. The van der Waals surface area contributed by atoms with Crippen molar-refractivity contribution in [3.63, 3.8) is 0 Å². The Kier molecular flexibility index (Phi) is 9.59. The molecule has 34 heavy (non-hydrogen) atoms. The van der Waals surface area contributed by atoms with Crippen LogP contribution in [-0.2, 0) is 23.8 Å². The SMILES string of the molecule is COC(=O)CO[C@H]1CC[C@H](N2CCN(CCC3CCN(C(=O)OC(C)(C)C)CC3)CC2=O)CC1. The van der Waals surface area contributed by atoms with Crippen molar-refractivity contribution in [1.82, 2.24) is 14.7 Å². The smallest absolute Gasteiger partial charge is 0.410 e. The van der Waals surface area contributed by atoms with Gasteiger partial charge in [0.2, 0.25) is 5.91 Å². The van der Waals surface area contributed by atoms with Crippen molar-refractivity contribution in [3.8, 4) is 0 Å². The molecule has 194 valence electrons. The number of ether oxygens (including phenoxy) is 3. The lowest BCUT2D eigenvalue weighted by Crippen LogP contribution is -2.55. The van der Waals surface area contributed by atoms with Crippen molar-refractivity contribution in [2.75, 3.05) is 53.0 Å². The maximum Gasteiger partial charge on any atom is 0.410 e. The van der Waals surface area contributed by atoms with Crippen molar-refractivity contribution in [2.24, 2.45) is 5.92 Å². The number of rotatable bonds is 7. The van der Waals surface area contributed by atoms with Crippen LogP contribution in [-0.4, -0.2) is 103 Å². The van der Waals surface area contributed by atoms with Gasteiger partial charge in [0.25, 0.3) is 0 Å². The molecule has 2 heterocycles. The van der Waals surface area contributed by atoms with Crippen molar-refractivity contribution >= 4 is 18.0 Å². The van der Waals surface area contributed by atoms with Crippen LogP contribution in [0.5, 0.6) is 0 Å². The molecule has 2 saturated heterocycles. The molecule has 3 aliphatic rings. The van der Waals surface area contributed by atoms with Crippen LogP contribution in [0.15, 0.2) is 0 Å². The number of carbonyl (C=O) groups is 3. The molecule has 0 spiro atoms. The molecule has 1 aliphatic carbocycles. The minimum Gasteiger partial charge on any atom is -0.467 e. The second-order valence-corrected chi connectivity index (χ2v) is 10.9. The fourth-order valence-corrected chi connectivity index (χ4v) is 5.18. The first-order valence-electron chi connectivity index (χ1n) is 12.8. The fourth-order valence-electron chi connectivity index (χ4n) is 5.18. The van der Waals surface area contributed by atoms with Gasteiger partial charge in [0.1, 0.15) is 12.2 Å². The number of carbonyl (C=O) groups excluding carboxylic acids is 3. The number of likely N-dealkylation sites (tertiary alicyclic amines) is 1. The maximum absolute atomic E-state index is 12.9. The first kappa shape index (κ1) is 26.7. The summed E-state index contributed by atoms with van der Waals surface area (Å²) in [7, 11) is 1.36.